The highest BCUT2D eigenvalue weighted by atomic mass is 15.1. The molecule has 2 heteroatoms. The Morgan fingerprint density at radius 3 is 1.40 bits per heavy atom. The highest BCUT2D eigenvalue weighted by Gasteiger charge is 2.18. The predicted molar refractivity (Wildman–Crippen MR) is 247 cm³/mol. The summed E-state index contributed by atoms with van der Waals surface area (Å²) in [5.74, 6) is 0. The van der Waals surface area contributed by atoms with Gasteiger partial charge in [-0.1, -0.05) is 176 Å². The minimum Gasteiger partial charge on any atom is -0.310 e. The molecule has 10 rings (SSSR count). The first-order chi connectivity index (χ1) is 28.8. The van der Waals surface area contributed by atoms with E-state index < -0.39 is 0 Å². The van der Waals surface area contributed by atoms with Crippen molar-refractivity contribution in [1.29, 1.82) is 0 Å². The van der Waals surface area contributed by atoms with E-state index in [-0.39, 0.29) is 0 Å². The fraction of sp³-hybridized carbons (Fsp3) is 0. The van der Waals surface area contributed by atoms with Crippen LogP contribution in [-0.2, 0) is 0 Å². The van der Waals surface area contributed by atoms with Gasteiger partial charge in [0.25, 0.3) is 0 Å². The van der Waals surface area contributed by atoms with Crippen molar-refractivity contribution < 1.29 is 0 Å². The number of fused-ring (bicyclic) bond motifs is 2. The third kappa shape index (κ3) is 6.78. The van der Waals surface area contributed by atoms with E-state index >= 15 is 0 Å². The van der Waals surface area contributed by atoms with Crippen LogP contribution in [0.3, 0.4) is 0 Å². The fourth-order valence-corrected chi connectivity index (χ4v) is 8.17. The monoisotopic (exact) mass is 740 g/mol. The first-order valence-corrected chi connectivity index (χ1v) is 19.8. The largest absolute Gasteiger partial charge is 0.310 e. The lowest BCUT2D eigenvalue weighted by atomic mass is 9.92. The van der Waals surface area contributed by atoms with Crippen molar-refractivity contribution in [2.75, 3.05) is 9.80 Å². The van der Waals surface area contributed by atoms with Gasteiger partial charge in [-0.3, -0.25) is 0 Å². The van der Waals surface area contributed by atoms with Crippen LogP contribution in [0.15, 0.2) is 243 Å². The van der Waals surface area contributed by atoms with E-state index in [9.17, 15) is 0 Å². The summed E-state index contributed by atoms with van der Waals surface area (Å²) in [7, 11) is 0. The van der Waals surface area contributed by atoms with Crippen molar-refractivity contribution in [2.45, 2.75) is 0 Å². The average Bonchev–Trinajstić information content (AvgIpc) is 3.30. The number of hydrogen-bond donors (Lipinski definition) is 0. The van der Waals surface area contributed by atoms with Crippen molar-refractivity contribution in [3.8, 4) is 33.4 Å². The molecule has 0 N–H and O–H groups in total. The third-order valence-electron chi connectivity index (χ3n) is 11.0. The summed E-state index contributed by atoms with van der Waals surface area (Å²) in [6.45, 7) is 0. The van der Waals surface area contributed by atoms with Gasteiger partial charge < -0.3 is 9.80 Å². The third-order valence-corrected chi connectivity index (χ3v) is 11.0. The molecule has 0 fully saturated rings. The van der Waals surface area contributed by atoms with E-state index in [1.54, 1.807) is 0 Å². The first-order valence-electron chi connectivity index (χ1n) is 19.8. The first kappa shape index (κ1) is 34.8. The molecular weight excluding hydrogens is 701 g/mol. The van der Waals surface area contributed by atoms with Gasteiger partial charge in [0, 0.05) is 33.8 Å². The molecule has 274 valence electrons. The predicted octanol–water partition coefficient (Wildman–Crippen LogP) is 15.9. The van der Waals surface area contributed by atoms with Gasteiger partial charge in [-0.25, -0.2) is 0 Å². The van der Waals surface area contributed by atoms with Gasteiger partial charge in [-0.2, -0.15) is 0 Å². The Hall–Kier alpha value is -7.68. The molecule has 0 aliphatic rings. The van der Waals surface area contributed by atoms with Gasteiger partial charge in [-0.15, -0.1) is 0 Å². The van der Waals surface area contributed by atoms with Crippen LogP contribution in [0.5, 0.6) is 0 Å². The summed E-state index contributed by atoms with van der Waals surface area (Å²) in [5, 5.41) is 4.89. The Labute approximate surface area is 340 Å². The second kappa shape index (κ2) is 15.5. The van der Waals surface area contributed by atoms with E-state index in [1.165, 1.54) is 54.9 Å². The zero-order chi connectivity index (χ0) is 38.7. The smallest absolute Gasteiger partial charge is 0.0540 e. The number of benzene rings is 10. The van der Waals surface area contributed by atoms with Crippen LogP contribution in [0.25, 0.3) is 54.9 Å². The van der Waals surface area contributed by atoms with Crippen LogP contribution in [0.2, 0.25) is 0 Å². The summed E-state index contributed by atoms with van der Waals surface area (Å²) in [5.41, 5.74) is 13.8. The number of anilines is 6. The van der Waals surface area contributed by atoms with Crippen molar-refractivity contribution in [3.63, 3.8) is 0 Å². The SMILES string of the molecule is c1ccc(-c2cc(N(c3ccccc3)c3ccc4ccccc4c3)ccc2-c2ccc(-c3ccc(N(c4ccccc4)c4cccc5ccccc45)cc3)cc2)cc1. The van der Waals surface area contributed by atoms with Gasteiger partial charge in [0.05, 0.1) is 5.69 Å². The molecule has 0 unspecified atom stereocenters. The summed E-state index contributed by atoms with van der Waals surface area (Å²) in [6, 6.07) is 87.2. The molecule has 0 saturated heterocycles. The van der Waals surface area contributed by atoms with Crippen LogP contribution in [-0.4, -0.2) is 0 Å². The minimum absolute atomic E-state index is 1.11. The maximum Gasteiger partial charge on any atom is 0.0540 e. The van der Waals surface area contributed by atoms with Gasteiger partial charge in [0.2, 0.25) is 0 Å². The van der Waals surface area contributed by atoms with Crippen LogP contribution in [0, 0.1) is 0 Å². The number of nitrogens with zero attached hydrogens (tertiary/aromatic N) is 2. The molecule has 0 saturated carbocycles. The van der Waals surface area contributed by atoms with Gasteiger partial charge >= 0.3 is 0 Å². The average molecular weight is 741 g/mol. The summed E-state index contributed by atoms with van der Waals surface area (Å²) >= 11 is 0. The molecule has 0 aliphatic heterocycles. The van der Waals surface area contributed by atoms with E-state index in [4.69, 9.17) is 0 Å². The highest BCUT2D eigenvalue weighted by molar-refractivity contribution is 5.99. The molecule has 0 aromatic heterocycles. The Morgan fingerprint density at radius 1 is 0.224 bits per heavy atom. The van der Waals surface area contributed by atoms with Gasteiger partial charge in [0.1, 0.15) is 0 Å². The van der Waals surface area contributed by atoms with Gasteiger partial charge in [-0.05, 0) is 116 Å². The lowest BCUT2D eigenvalue weighted by Gasteiger charge is -2.27. The standard InChI is InChI=1S/C56H40N2/c1-4-16-45(17-5-1)55-40-52(57(48-21-6-2-7-22-48)51-36-33-41-15-10-11-19-47(41)39-51)37-38-53(55)46-29-27-42(28-30-46)43-31-34-50(35-32-43)58(49-23-8-3-9-24-49)56-26-14-20-44-18-12-13-25-54(44)56/h1-40H. The zero-order valence-corrected chi connectivity index (χ0v) is 32.0. The topological polar surface area (TPSA) is 6.48 Å². The molecule has 0 bridgehead atoms. The number of hydrogen-bond acceptors (Lipinski definition) is 2. The Morgan fingerprint density at radius 2 is 0.690 bits per heavy atom. The van der Waals surface area contributed by atoms with Crippen LogP contribution in [0.1, 0.15) is 0 Å². The van der Waals surface area contributed by atoms with Crippen LogP contribution >= 0.6 is 0 Å². The van der Waals surface area contributed by atoms with Crippen LogP contribution < -0.4 is 9.80 Å². The van der Waals surface area contributed by atoms with E-state index in [0.29, 0.717) is 0 Å². The minimum atomic E-state index is 1.11. The molecule has 10 aromatic rings. The maximum atomic E-state index is 2.36. The molecule has 0 heterocycles. The number of rotatable bonds is 9. The second-order valence-electron chi connectivity index (χ2n) is 14.6. The summed E-state index contributed by atoms with van der Waals surface area (Å²) in [6.07, 6.45) is 0. The molecule has 0 spiro atoms. The molecule has 0 amide bonds. The van der Waals surface area contributed by atoms with E-state index in [0.717, 1.165) is 34.1 Å². The quantitative estimate of drug-likeness (QED) is 0.145. The molecular formula is C56H40N2. The fourth-order valence-electron chi connectivity index (χ4n) is 8.17. The lowest BCUT2D eigenvalue weighted by Crippen LogP contribution is -2.10. The molecule has 0 atom stereocenters. The Balaban J connectivity index is 1.01. The van der Waals surface area contributed by atoms with Crippen LogP contribution in [0.4, 0.5) is 34.1 Å². The second-order valence-corrected chi connectivity index (χ2v) is 14.6. The summed E-state index contributed by atoms with van der Waals surface area (Å²) in [4.78, 5) is 4.71. The summed E-state index contributed by atoms with van der Waals surface area (Å²) < 4.78 is 0. The Bertz CT molecular complexity index is 2970. The zero-order valence-electron chi connectivity index (χ0n) is 32.0. The van der Waals surface area contributed by atoms with Crippen molar-refractivity contribution in [1.82, 2.24) is 0 Å². The van der Waals surface area contributed by atoms with Crippen molar-refractivity contribution in [3.05, 3.63) is 243 Å². The molecule has 58 heavy (non-hydrogen) atoms. The van der Waals surface area contributed by atoms with Crippen molar-refractivity contribution in [2.24, 2.45) is 0 Å². The molecule has 10 aromatic carbocycles. The Kier molecular flexibility index (Phi) is 9.27. The lowest BCUT2D eigenvalue weighted by molar-refractivity contribution is 1.29. The maximum absolute atomic E-state index is 2.36. The van der Waals surface area contributed by atoms with Gasteiger partial charge in [0.15, 0.2) is 0 Å². The molecule has 0 radical (unpaired) electrons. The number of para-hydroxylation sites is 2. The molecule has 2 nitrogen and oxygen atoms in total. The highest BCUT2D eigenvalue weighted by Crippen LogP contribution is 2.43. The van der Waals surface area contributed by atoms with E-state index in [2.05, 4.69) is 252 Å². The van der Waals surface area contributed by atoms with Crippen molar-refractivity contribution >= 4 is 55.7 Å². The normalized spacial score (nSPS) is 11.1. The van der Waals surface area contributed by atoms with E-state index in [1.807, 2.05) is 0 Å². The molecule has 0 aliphatic carbocycles.